The Morgan fingerprint density at radius 2 is 1.83 bits per heavy atom. The van der Waals surface area contributed by atoms with Gasteiger partial charge in [0.05, 0.1) is 11.1 Å². The summed E-state index contributed by atoms with van der Waals surface area (Å²) in [5, 5.41) is 2.78. The van der Waals surface area contributed by atoms with Crippen molar-refractivity contribution in [2.45, 2.75) is 13.0 Å². The van der Waals surface area contributed by atoms with Crippen molar-refractivity contribution >= 4 is 28.7 Å². The molecule has 2 aromatic carbocycles. The van der Waals surface area contributed by atoms with Crippen LogP contribution < -0.4 is 14.8 Å². The van der Waals surface area contributed by atoms with Crippen LogP contribution in [0.25, 0.3) is 10.9 Å². The summed E-state index contributed by atoms with van der Waals surface area (Å²) in [5.74, 6) is -1.16. The monoisotopic (exact) mass is 406 g/mol. The molecule has 0 spiro atoms. The van der Waals surface area contributed by atoms with Crippen molar-refractivity contribution in [1.82, 2.24) is 10.3 Å². The first kappa shape index (κ1) is 19.4. The molecule has 0 saturated heterocycles. The van der Waals surface area contributed by atoms with Gasteiger partial charge in [-0.1, -0.05) is 30.3 Å². The highest BCUT2D eigenvalue weighted by Crippen LogP contribution is 2.30. The van der Waals surface area contributed by atoms with Crippen molar-refractivity contribution in [3.05, 3.63) is 65.9 Å². The van der Waals surface area contributed by atoms with Crippen molar-refractivity contribution in [2.24, 2.45) is 0 Å². The highest BCUT2D eigenvalue weighted by molar-refractivity contribution is 6.04. The number of hydrogen-bond acceptors (Lipinski definition) is 7. The van der Waals surface area contributed by atoms with E-state index < -0.39 is 30.5 Å². The Kier molecular flexibility index (Phi) is 5.30. The fourth-order valence-electron chi connectivity index (χ4n) is 3.09. The van der Waals surface area contributed by atoms with Crippen LogP contribution in [0.5, 0.6) is 11.5 Å². The van der Waals surface area contributed by atoms with E-state index in [0.29, 0.717) is 33.7 Å². The van der Waals surface area contributed by atoms with Crippen molar-refractivity contribution in [3.63, 3.8) is 0 Å². The summed E-state index contributed by atoms with van der Waals surface area (Å²) in [6.07, 6.45) is -0.980. The van der Waals surface area contributed by atoms with Crippen molar-refractivity contribution < 1.29 is 28.6 Å². The second kappa shape index (κ2) is 8.20. The van der Waals surface area contributed by atoms with Crippen molar-refractivity contribution in [3.8, 4) is 11.5 Å². The molecular weight excluding hydrogens is 388 g/mol. The molecule has 0 bridgehead atoms. The second-order valence-corrected chi connectivity index (χ2v) is 6.68. The third kappa shape index (κ3) is 4.07. The number of hydrogen-bond donors (Lipinski definition) is 1. The molecule has 1 aliphatic heterocycles. The van der Waals surface area contributed by atoms with Crippen LogP contribution in [0.3, 0.4) is 0 Å². The Morgan fingerprint density at radius 1 is 1.10 bits per heavy atom. The van der Waals surface area contributed by atoms with E-state index in [1.54, 1.807) is 55.5 Å². The third-order valence-corrected chi connectivity index (χ3v) is 4.46. The number of nitrogens with one attached hydrogen (secondary N) is 1. The minimum absolute atomic E-state index is 0.0296. The standard InChI is InChI=1S/C22H18N2O6/c1-13-10-15(14-6-2-3-7-16(14)23-13)22(27)29-12-20(25)24-21(26)19-11-28-17-8-4-5-9-18(17)30-19/h2-10,19H,11-12H2,1H3,(H,24,25,26)/t19-/m0/s1. The zero-order valence-electron chi connectivity index (χ0n) is 16.1. The van der Waals surface area contributed by atoms with E-state index in [1.807, 2.05) is 6.07 Å². The molecule has 30 heavy (non-hydrogen) atoms. The van der Waals surface area contributed by atoms with Gasteiger partial charge in [0.1, 0.15) is 6.61 Å². The number of amides is 2. The van der Waals surface area contributed by atoms with Crippen LogP contribution >= 0.6 is 0 Å². The Morgan fingerprint density at radius 3 is 2.67 bits per heavy atom. The molecule has 1 N–H and O–H groups in total. The van der Waals surface area contributed by atoms with E-state index >= 15 is 0 Å². The summed E-state index contributed by atoms with van der Waals surface area (Å²) in [5.41, 5.74) is 1.60. The summed E-state index contributed by atoms with van der Waals surface area (Å²) in [4.78, 5) is 41.2. The zero-order chi connectivity index (χ0) is 21.1. The van der Waals surface area contributed by atoms with Gasteiger partial charge in [0.15, 0.2) is 18.1 Å². The number of imide groups is 1. The smallest absolute Gasteiger partial charge is 0.339 e. The quantitative estimate of drug-likeness (QED) is 0.662. The highest BCUT2D eigenvalue weighted by atomic mass is 16.6. The summed E-state index contributed by atoms with van der Waals surface area (Å²) >= 11 is 0. The number of nitrogens with zero attached hydrogens (tertiary/aromatic N) is 1. The maximum atomic E-state index is 12.5. The fraction of sp³-hybridized carbons (Fsp3) is 0.182. The van der Waals surface area contributed by atoms with E-state index in [4.69, 9.17) is 14.2 Å². The lowest BCUT2D eigenvalue weighted by Crippen LogP contribution is -2.47. The molecule has 8 heteroatoms. The number of benzene rings is 2. The first-order valence-electron chi connectivity index (χ1n) is 9.27. The maximum Gasteiger partial charge on any atom is 0.339 e. The van der Waals surface area contributed by atoms with Crippen molar-refractivity contribution in [2.75, 3.05) is 13.2 Å². The lowest BCUT2D eigenvalue weighted by Gasteiger charge is -2.25. The molecular formula is C22H18N2O6. The molecule has 2 amide bonds. The summed E-state index contributed by atoms with van der Waals surface area (Å²) in [6.45, 7) is 1.13. The Bertz CT molecular complexity index is 1140. The lowest BCUT2D eigenvalue weighted by molar-refractivity contribution is -0.137. The predicted molar refractivity (Wildman–Crippen MR) is 106 cm³/mol. The minimum Gasteiger partial charge on any atom is -0.485 e. The van der Waals surface area contributed by atoms with Crippen molar-refractivity contribution in [1.29, 1.82) is 0 Å². The molecule has 4 rings (SSSR count). The number of esters is 1. The van der Waals surface area contributed by atoms with Crippen LogP contribution in [0, 0.1) is 6.92 Å². The van der Waals surface area contributed by atoms with Gasteiger partial charge in [0.25, 0.3) is 11.8 Å². The average molecular weight is 406 g/mol. The number of aromatic nitrogens is 1. The molecule has 3 aromatic rings. The van der Waals surface area contributed by atoms with Crippen LogP contribution in [0.4, 0.5) is 0 Å². The Labute approximate surface area is 171 Å². The number of rotatable bonds is 4. The van der Waals surface area contributed by atoms with E-state index in [-0.39, 0.29) is 6.61 Å². The summed E-state index contributed by atoms with van der Waals surface area (Å²) in [7, 11) is 0. The number of aryl methyl sites for hydroxylation is 1. The molecule has 1 aromatic heterocycles. The van der Waals surface area contributed by atoms with Crippen LogP contribution in [0.15, 0.2) is 54.6 Å². The normalized spacial score (nSPS) is 14.8. The number of ether oxygens (including phenoxy) is 3. The second-order valence-electron chi connectivity index (χ2n) is 6.68. The van der Waals surface area contributed by atoms with Gasteiger partial charge in [-0.25, -0.2) is 4.79 Å². The molecule has 0 saturated carbocycles. The van der Waals surface area contributed by atoms with Gasteiger partial charge in [0.2, 0.25) is 6.10 Å². The maximum absolute atomic E-state index is 12.5. The first-order chi connectivity index (χ1) is 14.5. The van der Waals surface area contributed by atoms with Crippen LogP contribution in [-0.4, -0.2) is 42.1 Å². The van der Waals surface area contributed by atoms with Gasteiger partial charge in [-0.3, -0.25) is 19.9 Å². The Hall–Kier alpha value is -3.94. The third-order valence-electron chi connectivity index (χ3n) is 4.46. The topological polar surface area (TPSA) is 104 Å². The van der Waals surface area contributed by atoms with Crippen LogP contribution in [0.1, 0.15) is 16.1 Å². The summed E-state index contributed by atoms with van der Waals surface area (Å²) in [6, 6.07) is 15.7. The van der Waals surface area contributed by atoms with Gasteiger partial charge < -0.3 is 14.2 Å². The molecule has 2 heterocycles. The first-order valence-corrected chi connectivity index (χ1v) is 9.27. The number of fused-ring (bicyclic) bond motifs is 2. The summed E-state index contributed by atoms with van der Waals surface area (Å²) < 4.78 is 16.1. The van der Waals surface area contributed by atoms with Gasteiger partial charge in [0, 0.05) is 11.1 Å². The molecule has 0 aliphatic carbocycles. The molecule has 0 fully saturated rings. The van der Waals surface area contributed by atoms with Crippen LogP contribution in [0.2, 0.25) is 0 Å². The number of carbonyl (C=O) groups excluding carboxylic acids is 3. The SMILES string of the molecule is Cc1cc(C(=O)OCC(=O)NC(=O)[C@@H]2COc3ccccc3O2)c2ccccc2n1. The molecule has 1 atom stereocenters. The van der Waals surface area contributed by atoms with E-state index in [9.17, 15) is 14.4 Å². The molecule has 0 radical (unpaired) electrons. The molecule has 0 unspecified atom stereocenters. The minimum atomic E-state index is -0.980. The Balaban J connectivity index is 1.35. The zero-order valence-corrected chi connectivity index (χ0v) is 16.1. The van der Waals surface area contributed by atoms with Gasteiger partial charge in [-0.15, -0.1) is 0 Å². The van der Waals surface area contributed by atoms with E-state index in [1.165, 1.54) is 0 Å². The van der Waals surface area contributed by atoms with Gasteiger partial charge >= 0.3 is 5.97 Å². The number of carbonyl (C=O) groups is 3. The van der Waals surface area contributed by atoms with E-state index in [0.717, 1.165) is 0 Å². The molecule has 1 aliphatic rings. The van der Waals surface area contributed by atoms with Gasteiger partial charge in [-0.2, -0.15) is 0 Å². The number of pyridine rings is 1. The molecule has 8 nitrogen and oxygen atoms in total. The largest absolute Gasteiger partial charge is 0.485 e. The highest BCUT2D eigenvalue weighted by Gasteiger charge is 2.28. The predicted octanol–water partition coefficient (Wildman–Crippen LogP) is 2.18. The average Bonchev–Trinajstić information content (AvgIpc) is 2.76. The van der Waals surface area contributed by atoms with E-state index in [2.05, 4.69) is 10.3 Å². The van der Waals surface area contributed by atoms with Gasteiger partial charge in [-0.05, 0) is 31.2 Å². The number of para-hydroxylation sites is 3. The fourth-order valence-corrected chi connectivity index (χ4v) is 3.09. The van der Waals surface area contributed by atoms with Crippen LogP contribution in [-0.2, 0) is 14.3 Å². The lowest BCUT2D eigenvalue weighted by atomic mass is 10.1. The molecule has 152 valence electrons.